The van der Waals surface area contributed by atoms with Gasteiger partial charge in [0.1, 0.15) is 6.10 Å². The number of likely N-dealkylation sites (tertiary alicyclic amines) is 1. The van der Waals surface area contributed by atoms with Crippen molar-refractivity contribution < 1.29 is 33.6 Å². The molecule has 1 amide bonds. The van der Waals surface area contributed by atoms with E-state index in [1.807, 2.05) is 0 Å². The second-order valence-corrected chi connectivity index (χ2v) is 19.7. The number of fused-ring (bicyclic) bond motifs is 4. The highest BCUT2D eigenvalue weighted by atomic mass is 16.7. The molecule has 5 saturated carbocycles. The van der Waals surface area contributed by atoms with Gasteiger partial charge < -0.3 is 33.7 Å². The summed E-state index contributed by atoms with van der Waals surface area (Å²) in [5.41, 5.74) is 0.517. The van der Waals surface area contributed by atoms with E-state index in [-0.39, 0.29) is 59.0 Å². The maximum atomic E-state index is 13.0. The van der Waals surface area contributed by atoms with Gasteiger partial charge in [-0.15, -0.1) is 0 Å². The van der Waals surface area contributed by atoms with Crippen LogP contribution in [0.5, 0.6) is 0 Å². The molecule has 1 N–H and O–H groups in total. The lowest BCUT2D eigenvalue weighted by Crippen LogP contribution is -2.60. The van der Waals surface area contributed by atoms with E-state index in [1.165, 1.54) is 32.1 Å². The number of hydrogen-bond donors (Lipinski definition) is 1. The van der Waals surface area contributed by atoms with Crippen molar-refractivity contribution in [2.24, 2.45) is 56.7 Å². The molecule has 3 aliphatic heterocycles. The number of methoxy groups -OCH3 is 1. The van der Waals surface area contributed by atoms with E-state index >= 15 is 0 Å². The van der Waals surface area contributed by atoms with Crippen LogP contribution in [0.4, 0.5) is 4.79 Å². The highest BCUT2D eigenvalue weighted by Gasteiger charge is 2.84. The SMILES string of the molecule is COCCN1CCO[C@@H](O[C@H]2CC[C@]34C[C@]35CC[C@]3(C)[C@@H]6[C@H](O[C@@H]([C@H](OC(=O)N7CCC7)C(C)C)C[C@H]6C)[C@H](O)[C@@]3(C)[C@@H]5CC[C@H]4C2(C)C)C1. The molecule has 0 bridgehead atoms. The maximum Gasteiger partial charge on any atom is 0.410 e. The predicted octanol–water partition coefficient (Wildman–Crippen LogP) is 6.36. The quantitative estimate of drug-likeness (QED) is 0.313. The molecule has 8 fully saturated rings. The van der Waals surface area contributed by atoms with Crippen LogP contribution in [0.2, 0.25) is 0 Å². The van der Waals surface area contributed by atoms with Crippen molar-refractivity contribution >= 4 is 6.09 Å². The fourth-order valence-electron chi connectivity index (χ4n) is 14.5. The Balaban J connectivity index is 1.00. The van der Waals surface area contributed by atoms with Gasteiger partial charge in [0.2, 0.25) is 0 Å². The second kappa shape index (κ2) is 12.5. The summed E-state index contributed by atoms with van der Waals surface area (Å²) < 4.78 is 31.7. The van der Waals surface area contributed by atoms with Crippen LogP contribution in [0.3, 0.4) is 0 Å². The molecule has 0 aromatic carbocycles. The number of morpholine rings is 1. The van der Waals surface area contributed by atoms with Crippen LogP contribution in [-0.4, -0.2) is 111 Å². The Bertz CT molecular complexity index is 1290. The number of aliphatic hydroxyl groups is 1. The zero-order valence-electron chi connectivity index (χ0n) is 32.5. The topological polar surface area (TPSA) is 89.9 Å². The van der Waals surface area contributed by atoms with Crippen molar-refractivity contribution in [2.75, 3.05) is 53.0 Å². The number of carbonyl (C=O) groups is 1. The van der Waals surface area contributed by atoms with E-state index in [9.17, 15) is 9.90 Å². The van der Waals surface area contributed by atoms with Crippen LogP contribution >= 0.6 is 0 Å². The number of carbonyl (C=O) groups excluding carboxylic acids is 1. The molecular weight excluding hydrogens is 632 g/mol. The van der Waals surface area contributed by atoms with Gasteiger partial charge in [-0.25, -0.2) is 4.79 Å². The number of amides is 1. The Kier molecular flexibility index (Phi) is 9.04. The molecule has 8 aliphatic rings. The lowest BCUT2D eigenvalue weighted by molar-refractivity contribution is -0.249. The smallest absolute Gasteiger partial charge is 0.410 e. The molecule has 9 nitrogen and oxygen atoms in total. The Labute approximate surface area is 301 Å². The highest BCUT2D eigenvalue weighted by Crippen LogP contribution is 2.89. The van der Waals surface area contributed by atoms with Crippen molar-refractivity contribution in [1.29, 1.82) is 0 Å². The van der Waals surface area contributed by atoms with Crippen LogP contribution < -0.4 is 0 Å². The van der Waals surface area contributed by atoms with Crippen molar-refractivity contribution in [3.05, 3.63) is 0 Å². The molecule has 14 atom stereocenters. The summed E-state index contributed by atoms with van der Waals surface area (Å²) in [5, 5.41) is 12.7. The molecule has 0 aromatic heterocycles. The van der Waals surface area contributed by atoms with Crippen LogP contribution in [0.25, 0.3) is 0 Å². The van der Waals surface area contributed by atoms with Crippen molar-refractivity contribution in [3.63, 3.8) is 0 Å². The fraction of sp³-hybridized carbons (Fsp3) is 0.976. The molecule has 0 radical (unpaired) electrons. The van der Waals surface area contributed by atoms with Crippen LogP contribution in [0.15, 0.2) is 0 Å². The van der Waals surface area contributed by atoms with Crippen LogP contribution in [0.1, 0.15) is 106 Å². The summed E-state index contributed by atoms with van der Waals surface area (Å²) in [6, 6.07) is 0. The van der Waals surface area contributed by atoms with Gasteiger partial charge in [-0.2, -0.15) is 0 Å². The molecule has 8 rings (SSSR count). The van der Waals surface area contributed by atoms with Gasteiger partial charge in [0.05, 0.1) is 37.6 Å². The number of aliphatic hydroxyl groups excluding tert-OH is 1. The highest BCUT2D eigenvalue weighted by molar-refractivity contribution is 5.68. The fourth-order valence-corrected chi connectivity index (χ4v) is 14.5. The van der Waals surface area contributed by atoms with Gasteiger partial charge in [-0.3, -0.25) is 4.90 Å². The second-order valence-electron chi connectivity index (χ2n) is 19.7. The number of ether oxygens (including phenoxy) is 5. The summed E-state index contributed by atoms with van der Waals surface area (Å²) in [6.45, 7) is 22.3. The van der Waals surface area contributed by atoms with Gasteiger partial charge in [0, 0.05) is 45.2 Å². The van der Waals surface area contributed by atoms with Gasteiger partial charge >= 0.3 is 6.09 Å². The zero-order chi connectivity index (χ0) is 35.4. The Morgan fingerprint density at radius 1 is 1.00 bits per heavy atom. The molecule has 0 aromatic rings. The van der Waals surface area contributed by atoms with Crippen LogP contribution in [0, 0.1) is 56.7 Å². The van der Waals surface area contributed by atoms with E-state index in [1.54, 1.807) is 12.0 Å². The summed E-state index contributed by atoms with van der Waals surface area (Å²) >= 11 is 0. The average molecular weight is 701 g/mol. The molecule has 3 saturated heterocycles. The van der Waals surface area contributed by atoms with E-state index in [0.717, 1.165) is 65.0 Å². The Hall–Kier alpha value is -0.970. The minimum absolute atomic E-state index is 0.0124. The maximum absolute atomic E-state index is 13.0. The van der Waals surface area contributed by atoms with Crippen molar-refractivity contribution in [2.45, 2.75) is 143 Å². The summed E-state index contributed by atoms with van der Waals surface area (Å²) in [7, 11) is 1.77. The normalized spacial score (nSPS) is 49.9. The zero-order valence-corrected chi connectivity index (χ0v) is 32.5. The molecular formula is C41H68N2O7. The summed E-state index contributed by atoms with van der Waals surface area (Å²) in [6.07, 6.45) is 8.96. The van der Waals surface area contributed by atoms with E-state index in [4.69, 9.17) is 23.7 Å². The Morgan fingerprint density at radius 3 is 2.44 bits per heavy atom. The third-order valence-corrected chi connectivity index (χ3v) is 17.2. The molecule has 284 valence electrons. The van der Waals surface area contributed by atoms with Gasteiger partial charge in [-0.1, -0.05) is 48.5 Å². The minimum Gasteiger partial charge on any atom is -0.443 e. The molecule has 3 heterocycles. The average Bonchev–Trinajstić information content (AvgIpc) is 3.68. The van der Waals surface area contributed by atoms with Gasteiger partial charge in [0.15, 0.2) is 6.29 Å². The first kappa shape index (κ1) is 36.0. The van der Waals surface area contributed by atoms with Crippen molar-refractivity contribution in [1.82, 2.24) is 9.80 Å². The van der Waals surface area contributed by atoms with E-state index in [2.05, 4.69) is 53.4 Å². The first-order valence-corrected chi connectivity index (χ1v) is 20.5. The van der Waals surface area contributed by atoms with Gasteiger partial charge in [0.25, 0.3) is 0 Å². The Morgan fingerprint density at radius 2 is 1.74 bits per heavy atom. The van der Waals surface area contributed by atoms with E-state index in [0.29, 0.717) is 41.1 Å². The van der Waals surface area contributed by atoms with E-state index < -0.39 is 6.10 Å². The molecule has 5 aliphatic carbocycles. The number of nitrogens with zero attached hydrogens (tertiary/aromatic N) is 2. The number of hydrogen-bond acceptors (Lipinski definition) is 8. The number of rotatable bonds is 8. The first-order valence-electron chi connectivity index (χ1n) is 20.5. The lowest BCUT2D eigenvalue weighted by atomic mass is 9.41. The third-order valence-electron chi connectivity index (χ3n) is 17.2. The molecule has 50 heavy (non-hydrogen) atoms. The summed E-state index contributed by atoms with van der Waals surface area (Å²) in [4.78, 5) is 17.2. The monoisotopic (exact) mass is 701 g/mol. The molecule has 9 heteroatoms. The standard InChI is InChI=1S/C41H68N2O7/c1-25(2)33(50-36(45)43-16-9-17-43)27-22-26(3)32-34(48-27)35(44)39(7)29-11-10-28-37(4,5)30(49-31-23-42(18-20-46-8)19-21-47-31)12-13-40(28)24-41(29,40)15-14-38(32,39)6/h25-35,44H,9-24H2,1-8H3/t26-,27-,28+,29+,30+,31+,32+,33-,34+,35+,38-,39-,40-,41+/m1/s1. The minimum atomic E-state index is -0.518. The first-order chi connectivity index (χ1) is 23.7. The lowest BCUT2D eigenvalue weighted by Gasteiger charge is -2.64. The van der Waals surface area contributed by atoms with Crippen molar-refractivity contribution in [3.8, 4) is 0 Å². The molecule has 0 unspecified atom stereocenters. The van der Waals surface area contributed by atoms with Gasteiger partial charge in [-0.05, 0) is 109 Å². The van der Waals surface area contributed by atoms with Crippen LogP contribution in [-0.2, 0) is 23.7 Å². The third kappa shape index (κ3) is 5.01. The largest absolute Gasteiger partial charge is 0.443 e. The molecule has 2 spiro atoms. The summed E-state index contributed by atoms with van der Waals surface area (Å²) in [5.74, 6) is 1.96. The predicted molar refractivity (Wildman–Crippen MR) is 190 cm³/mol.